The van der Waals surface area contributed by atoms with Crippen molar-refractivity contribution in [1.82, 2.24) is 9.36 Å². The second-order valence-corrected chi connectivity index (χ2v) is 7.02. The van der Waals surface area contributed by atoms with Gasteiger partial charge in [-0.05, 0) is 38.1 Å². The van der Waals surface area contributed by atoms with Gasteiger partial charge in [0.1, 0.15) is 16.5 Å². The number of hydrogen-bond donors (Lipinski definition) is 1. The van der Waals surface area contributed by atoms with Crippen molar-refractivity contribution in [3.05, 3.63) is 74.6 Å². The predicted octanol–water partition coefficient (Wildman–Crippen LogP) is 4.20. The lowest BCUT2D eigenvalue weighted by Crippen LogP contribution is -2.32. The highest BCUT2D eigenvalue weighted by atomic mass is 35.5. The fourth-order valence-electron chi connectivity index (χ4n) is 2.76. The number of benzene rings is 2. The minimum Gasteiger partial charge on any atom is -0.479 e. The maximum atomic E-state index is 12.9. The normalized spacial score (nSPS) is 11.9. The van der Waals surface area contributed by atoms with Crippen LogP contribution in [0.4, 0.5) is 5.69 Å². The summed E-state index contributed by atoms with van der Waals surface area (Å²) in [6.45, 7) is 3.33. The Morgan fingerprint density at radius 2 is 1.79 bits per heavy atom. The van der Waals surface area contributed by atoms with Crippen LogP contribution in [-0.2, 0) is 11.8 Å². The number of ether oxygens (including phenoxy) is 1. The lowest BCUT2D eigenvalue weighted by molar-refractivity contribution is -0.122. The number of hydrogen-bond acceptors (Lipinski definition) is 3. The number of para-hydroxylation sites is 1. The molecule has 0 fully saturated rings. The molecule has 1 aromatic heterocycles. The Bertz CT molecular complexity index is 1070. The van der Waals surface area contributed by atoms with Crippen LogP contribution in [0.2, 0.25) is 10.0 Å². The fraction of sp³-hybridized carbons (Fsp3) is 0.200. The Balaban J connectivity index is 1.85. The van der Waals surface area contributed by atoms with Gasteiger partial charge in [0.25, 0.3) is 11.5 Å². The van der Waals surface area contributed by atoms with Crippen molar-refractivity contribution in [3.8, 4) is 11.4 Å². The van der Waals surface area contributed by atoms with E-state index < -0.39 is 12.0 Å². The predicted molar refractivity (Wildman–Crippen MR) is 111 cm³/mol. The first kappa shape index (κ1) is 20.0. The maximum Gasteiger partial charge on any atom is 0.295 e. The third kappa shape index (κ3) is 3.79. The second kappa shape index (κ2) is 8.12. The van der Waals surface area contributed by atoms with Crippen molar-refractivity contribution < 1.29 is 9.53 Å². The molecule has 6 nitrogen and oxygen atoms in total. The zero-order chi connectivity index (χ0) is 20.4. The van der Waals surface area contributed by atoms with E-state index in [2.05, 4.69) is 5.32 Å². The lowest BCUT2D eigenvalue weighted by atomic mass is 10.3. The summed E-state index contributed by atoms with van der Waals surface area (Å²) in [6.07, 6.45) is -0.889. The van der Waals surface area contributed by atoms with E-state index in [1.165, 1.54) is 4.68 Å². The summed E-state index contributed by atoms with van der Waals surface area (Å²) in [7, 11) is 1.76. The van der Waals surface area contributed by atoms with Gasteiger partial charge in [-0.3, -0.25) is 14.3 Å². The number of carbonyl (C=O) groups is 1. The standard InChI is InChI=1S/C20H19Cl2N3O3/c1-12-18(20(27)25(24(12)3)14-8-5-4-6-9-14)23-19(26)13(2)28-16-11-7-10-15(21)17(16)22/h4-11,13H,1-3H3,(H,23,26). The number of halogens is 2. The van der Waals surface area contributed by atoms with Crippen LogP contribution in [0.1, 0.15) is 12.6 Å². The first-order valence-corrected chi connectivity index (χ1v) is 9.32. The Hall–Kier alpha value is -2.70. The van der Waals surface area contributed by atoms with Crippen LogP contribution in [0.15, 0.2) is 53.3 Å². The highest BCUT2D eigenvalue weighted by Crippen LogP contribution is 2.32. The number of amides is 1. The van der Waals surface area contributed by atoms with Crippen molar-refractivity contribution >= 4 is 34.8 Å². The first-order chi connectivity index (χ1) is 13.3. The van der Waals surface area contributed by atoms with Crippen LogP contribution in [0.25, 0.3) is 5.69 Å². The van der Waals surface area contributed by atoms with Gasteiger partial charge < -0.3 is 10.1 Å². The Morgan fingerprint density at radius 1 is 1.11 bits per heavy atom. The Morgan fingerprint density at radius 3 is 2.46 bits per heavy atom. The SMILES string of the molecule is Cc1c(NC(=O)C(C)Oc2cccc(Cl)c2Cl)c(=O)n(-c2ccccc2)n1C. The highest BCUT2D eigenvalue weighted by Gasteiger charge is 2.22. The van der Waals surface area contributed by atoms with E-state index in [0.717, 1.165) is 0 Å². The van der Waals surface area contributed by atoms with E-state index in [1.54, 1.807) is 43.8 Å². The summed E-state index contributed by atoms with van der Waals surface area (Å²) in [5.74, 6) is -0.176. The minimum absolute atomic E-state index is 0.198. The summed E-state index contributed by atoms with van der Waals surface area (Å²) in [6, 6.07) is 14.1. The van der Waals surface area contributed by atoms with Gasteiger partial charge in [0.2, 0.25) is 0 Å². The van der Waals surface area contributed by atoms with E-state index in [1.807, 2.05) is 30.3 Å². The van der Waals surface area contributed by atoms with Crippen molar-refractivity contribution in [3.63, 3.8) is 0 Å². The van der Waals surface area contributed by atoms with E-state index >= 15 is 0 Å². The molecule has 1 atom stereocenters. The molecule has 0 radical (unpaired) electrons. The van der Waals surface area contributed by atoms with Crippen molar-refractivity contribution in [2.45, 2.75) is 20.0 Å². The molecule has 3 aromatic rings. The summed E-state index contributed by atoms with van der Waals surface area (Å²) in [4.78, 5) is 25.5. The van der Waals surface area contributed by atoms with Crippen LogP contribution < -0.4 is 15.6 Å². The van der Waals surface area contributed by atoms with Crippen LogP contribution >= 0.6 is 23.2 Å². The maximum absolute atomic E-state index is 12.9. The van der Waals surface area contributed by atoms with Gasteiger partial charge in [0.15, 0.2) is 6.10 Å². The zero-order valence-electron chi connectivity index (χ0n) is 15.6. The van der Waals surface area contributed by atoms with Crippen LogP contribution in [-0.4, -0.2) is 21.4 Å². The molecule has 1 heterocycles. The largest absolute Gasteiger partial charge is 0.479 e. The first-order valence-electron chi connectivity index (χ1n) is 8.56. The molecule has 0 bridgehead atoms. The quantitative estimate of drug-likeness (QED) is 0.673. The number of anilines is 1. The zero-order valence-corrected chi connectivity index (χ0v) is 17.1. The second-order valence-electron chi connectivity index (χ2n) is 6.24. The summed E-state index contributed by atoms with van der Waals surface area (Å²) < 4.78 is 8.79. The van der Waals surface area contributed by atoms with Crippen LogP contribution in [0.5, 0.6) is 5.75 Å². The number of aromatic nitrogens is 2. The Kier molecular flexibility index (Phi) is 5.82. The molecule has 0 aliphatic carbocycles. The monoisotopic (exact) mass is 419 g/mol. The van der Waals surface area contributed by atoms with Crippen molar-refractivity contribution in [1.29, 1.82) is 0 Å². The molecule has 0 saturated carbocycles. The van der Waals surface area contributed by atoms with Gasteiger partial charge in [0.05, 0.1) is 16.4 Å². The molecular weight excluding hydrogens is 401 g/mol. The molecule has 1 amide bonds. The van der Waals surface area contributed by atoms with E-state index in [0.29, 0.717) is 22.2 Å². The highest BCUT2D eigenvalue weighted by molar-refractivity contribution is 6.42. The summed E-state index contributed by atoms with van der Waals surface area (Å²) >= 11 is 12.1. The van der Waals surface area contributed by atoms with Gasteiger partial charge in [-0.1, -0.05) is 47.5 Å². The Labute approximate surface area is 172 Å². The van der Waals surface area contributed by atoms with Crippen LogP contribution in [0.3, 0.4) is 0 Å². The summed E-state index contributed by atoms with van der Waals surface area (Å²) in [5.41, 5.74) is 1.19. The minimum atomic E-state index is -0.889. The van der Waals surface area contributed by atoms with Gasteiger partial charge in [-0.2, -0.15) is 0 Å². The summed E-state index contributed by atoms with van der Waals surface area (Å²) in [5, 5.41) is 3.23. The number of rotatable bonds is 5. The average Bonchev–Trinajstić information content (AvgIpc) is 2.89. The van der Waals surface area contributed by atoms with Crippen molar-refractivity contribution in [2.75, 3.05) is 5.32 Å². The molecule has 0 saturated heterocycles. The third-order valence-electron chi connectivity index (χ3n) is 4.39. The molecule has 28 heavy (non-hydrogen) atoms. The molecule has 2 aromatic carbocycles. The van der Waals surface area contributed by atoms with E-state index in [9.17, 15) is 9.59 Å². The van der Waals surface area contributed by atoms with E-state index in [-0.39, 0.29) is 16.3 Å². The number of carbonyl (C=O) groups excluding carboxylic acids is 1. The molecular formula is C20H19Cl2N3O3. The van der Waals surface area contributed by atoms with E-state index in [4.69, 9.17) is 27.9 Å². The topological polar surface area (TPSA) is 65.3 Å². The van der Waals surface area contributed by atoms with Gasteiger partial charge >= 0.3 is 0 Å². The van der Waals surface area contributed by atoms with Gasteiger partial charge in [-0.25, -0.2) is 4.68 Å². The smallest absolute Gasteiger partial charge is 0.295 e. The fourth-order valence-corrected chi connectivity index (χ4v) is 3.09. The molecule has 3 rings (SSSR count). The average molecular weight is 420 g/mol. The number of nitrogens with one attached hydrogen (secondary N) is 1. The van der Waals surface area contributed by atoms with Gasteiger partial charge in [0, 0.05) is 7.05 Å². The third-order valence-corrected chi connectivity index (χ3v) is 5.19. The van der Waals surface area contributed by atoms with Crippen LogP contribution in [0, 0.1) is 6.92 Å². The molecule has 0 spiro atoms. The molecule has 0 aliphatic heterocycles. The van der Waals surface area contributed by atoms with Crippen molar-refractivity contribution in [2.24, 2.45) is 7.05 Å². The van der Waals surface area contributed by atoms with Gasteiger partial charge in [-0.15, -0.1) is 0 Å². The molecule has 1 unspecified atom stereocenters. The lowest BCUT2D eigenvalue weighted by Gasteiger charge is -2.15. The molecule has 8 heteroatoms. The molecule has 146 valence electrons. The number of nitrogens with zero attached hydrogens (tertiary/aromatic N) is 2. The molecule has 1 N–H and O–H groups in total. The molecule has 0 aliphatic rings.